The Morgan fingerprint density at radius 1 is 0.925 bits per heavy atom. The molecule has 0 aliphatic heterocycles. The predicted octanol–water partition coefficient (Wildman–Crippen LogP) is 4.57. The van der Waals surface area contributed by atoms with E-state index < -0.39 is 28.5 Å². The largest absolute Gasteiger partial charge is 0.497 e. The summed E-state index contributed by atoms with van der Waals surface area (Å²) in [5, 5.41) is 2.91. The summed E-state index contributed by atoms with van der Waals surface area (Å²) in [5.41, 5.74) is 2.25. The second kappa shape index (κ2) is 14.0. The molecule has 0 bridgehead atoms. The third-order valence-corrected chi connectivity index (χ3v) is 8.34. The van der Waals surface area contributed by atoms with E-state index in [1.165, 1.54) is 24.1 Å². The van der Waals surface area contributed by atoms with Crippen LogP contribution < -0.4 is 14.4 Å². The summed E-state index contributed by atoms with van der Waals surface area (Å²) in [6.07, 6.45) is 0.900. The highest BCUT2D eigenvalue weighted by Crippen LogP contribution is 2.26. The zero-order valence-electron chi connectivity index (χ0n) is 23.8. The molecule has 2 amide bonds. The molecule has 0 unspecified atom stereocenters. The lowest BCUT2D eigenvalue weighted by molar-refractivity contribution is -0.139. The summed E-state index contributed by atoms with van der Waals surface area (Å²) in [4.78, 5) is 28.8. The highest BCUT2D eigenvalue weighted by atomic mass is 32.2. The van der Waals surface area contributed by atoms with E-state index in [1.54, 1.807) is 36.4 Å². The van der Waals surface area contributed by atoms with Crippen LogP contribution in [0.3, 0.4) is 0 Å². The number of carbonyl (C=O) groups excluding carboxylic acids is 2. The maximum absolute atomic E-state index is 14.0. The number of amides is 2. The number of benzene rings is 3. The molecule has 0 radical (unpaired) electrons. The average Bonchev–Trinajstić information content (AvgIpc) is 2.94. The Morgan fingerprint density at radius 2 is 1.55 bits per heavy atom. The van der Waals surface area contributed by atoms with Crippen molar-refractivity contribution in [3.8, 4) is 5.75 Å². The van der Waals surface area contributed by atoms with Crippen molar-refractivity contribution in [1.82, 2.24) is 10.2 Å². The lowest BCUT2D eigenvalue weighted by Crippen LogP contribution is -2.54. The minimum atomic E-state index is -4.11. The van der Waals surface area contributed by atoms with Crippen LogP contribution in [0, 0.1) is 6.92 Å². The summed E-state index contributed by atoms with van der Waals surface area (Å²) in [6.45, 7) is 7.23. The van der Waals surface area contributed by atoms with Crippen LogP contribution in [0.2, 0.25) is 0 Å². The van der Waals surface area contributed by atoms with Crippen LogP contribution in [-0.4, -0.2) is 57.4 Å². The molecule has 40 heavy (non-hydrogen) atoms. The summed E-state index contributed by atoms with van der Waals surface area (Å²) < 4.78 is 34.1. The van der Waals surface area contributed by atoms with Crippen molar-refractivity contribution < 1.29 is 22.7 Å². The van der Waals surface area contributed by atoms with Crippen LogP contribution in [0.5, 0.6) is 5.75 Å². The predicted molar refractivity (Wildman–Crippen MR) is 158 cm³/mol. The molecule has 0 fully saturated rings. The Kier molecular flexibility index (Phi) is 10.7. The van der Waals surface area contributed by atoms with Crippen molar-refractivity contribution in [2.45, 2.75) is 57.5 Å². The topological polar surface area (TPSA) is 96.0 Å². The van der Waals surface area contributed by atoms with Gasteiger partial charge in [0.15, 0.2) is 0 Å². The van der Waals surface area contributed by atoms with Gasteiger partial charge in [0.1, 0.15) is 18.3 Å². The van der Waals surface area contributed by atoms with Crippen LogP contribution in [0.1, 0.15) is 38.3 Å². The van der Waals surface area contributed by atoms with Crippen molar-refractivity contribution in [2.75, 3.05) is 24.5 Å². The molecule has 8 nitrogen and oxygen atoms in total. The Labute approximate surface area is 238 Å². The van der Waals surface area contributed by atoms with E-state index in [0.717, 1.165) is 15.4 Å². The van der Waals surface area contributed by atoms with Crippen LogP contribution in [-0.2, 0) is 26.0 Å². The van der Waals surface area contributed by atoms with Crippen molar-refractivity contribution in [2.24, 2.45) is 0 Å². The number of nitrogens with one attached hydrogen (secondary N) is 1. The molecule has 3 aromatic carbocycles. The summed E-state index contributed by atoms with van der Waals surface area (Å²) in [6, 6.07) is 21.8. The van der Waals surface area contributed by atoms with Crippen molar-refractivity contribution in [3.63, 3.8) is 0 Å². The van der Waals surface area contributed by atoms with Gasteiger partial charge >= 0.3 is 0 Å². The molecule has 1 N–H and O–H groups in total. The number of nitrogens with zero attached hydrogens (tertiary/aromatic N) is 2. The summed E-state index contributed by atoms with van der Waals surface area (Å²) in [7, 11) is -2.59. The van der Waals surface area contributed by atoms with Gasteiger partial charge < -0.3 is 15.0 Å². The van der Waals surface area contributed by atoms with E-state index in [1.807, 2.05) is 58.0 Å². The Hall–Kier alpha value is -3.85. The number of carbonyl (C=O) groups is 2. The van der Waals surface area contributed by atoms with Gasteiger partial charge in [0.25, 0.3) is 10.0 Å². The molecule has 0 spiro atoms. The number of anilines is 1. The first-order valence-electron chi connectivity index (χ1n) is 13.4. The smallest absolute Gasteiger partial charge is 0.264 e. The van der Waals surface area contributed by atoms with Gasteiger partial charge in [0, 0.05) is 12.6 Å². The molecule has 0 saturated heterocycles. The number of ether oxygens (including phenoxy) is 1. The number of hydrogen-bond donors (Lipinski definition) is 1. The van der Waals surface area contributed by atoms with Gasteiger partial charge in [0.05, 0.1) is 17.7 Å². The quantitative estimate of drug-likeness (QED) is 0.328. The molecular formula is C31H39N3O5S. The Morgan fingerprint density at radius 3 is 2.10 bits per heavy atom. The SMILES string of the molecule is CC[C@H](C(=O)NC(C)C)N(CCc1ccccc1)C(=O)CN(c1ccc(OC)cc1)S(=O)(=O)c1ccc(C)cc1. The first-order valence-corrected chi connectivity index (χ1v) is 14.9. The van der Waals surface area contributed by atoms with E-state index in [4.69, 9.17) is 4.74 Å². The van der Waals surface area contributed by atoms with Crippen LogP contribution in [0.15, 0.2) is 83.8 Å². The molecule has 0 aliphatic rings. The van der Waals surface area contributed by atoms with E-state index >= 15 is 0 Å². The highest BCUT2D eigenvalue weighted by molar-refractivity contribution is 7.92. The zero-order chi connectivity index (χ0) is 29.3. The zero-order valence-corrected chi connectivity index (χ0v) is 24.6. The average molecular weight is 566 g/mol. The molecule has 3 rings (SSSR count). The van der Waals surface area contributed by atoms with E-state index in [-0.39, 0.29) is 23.4 Å². The van der Waals surface area contributed by atoms with Crippen molar-refractivity contribution in [1.29, 1.82) is 0 Å². The van der Waals surface area contributed by atoms with Gasteiger partial charge in [-0.05, 0) is 75.6 Å². The summed E-state index contributed by atoms with van der Waals surface area (Å²) >= 11 is 0. The van der Waals surface area contributed by atoms with Gasteiger partial charge in [-0.2, -0.15) is 0 Å². The normalized spacial score (nSPS) is 12.1. The molecule has 9 heteroatoms. The fraction of sp³-hybridized carbons (Fsp3) is 0.355. The summed E-state index contributed by atoms with van der Waals surface area (Å²) in [5.74, 6) is -0.173. The molecule has 3 aromatic rings. The molecule has 0 saturated carbocycles. The highest BCUT2D eigenvalue weighted by Gasteiger charge is 2.33. The van der Waals surface area contributed by atoms with E-state index in [0.29, 0.717) is 24.3 Å². The van der Waals surface area contributed by atoms with Gasteiger partial charge in [-0.3, -0.25) is 13.9 Å². The monoisotopic (exact) mass is 565 g/mol. The fourth-order valence-corrected chi connectivity index (χ4v) is 5.81. The van der Waals surface area contributed by atoms with Crippen LogP contribution in [0.4, 0.5) is 5.69 Å². The minimum absolute atomic E-state index is 0.0714. The van der Waals surface area contributed by atoms with E-state index in [2.05, 4.69) is 5.32 Å². The number of aryl methyl sites for hydroxylation is 1. The second-order valence-electron chi connectivity index (χ2n) is 9.93. The number of methoxy groups -OCH3 is 1. The third kappa shape index (κ3) is 7.85. The Bertz CT molecular complexity index is 1360. The van der Waals surface area contributed by atoms with Gasteiger partial charge in [-0.25, -0.2) is 8.42 Å². The fourth-order valence-electron chi connectivity index (χ4n) is 4.39. The van der Waals surface area contributed by atoms with Gasteiger partial charge in [-0.1, -0.05) is 55.0 Å². The van der Waals surface area contributed by atoms with Gasteiger partial charge in [0.2, 0.25) is 11.8 Å². The van der Waals surface area contributed by atoms with Gasteiger partial charge in [-0.15, -0.1) is 0 Å². The lowest BCUT2D eigenvalue weighted by Gasteiger charge is -2.33. The molecular weight excluding hydrogens is 526 g/mol. The molecule has 1 atom stereocenters. The van der Waals surface area contributed by atoms with E-state index in [9.17, 15) is 18.0 Å². The first-order chi connectivity index (χ1) is 19.1. The maximum Gasteiger partial charge on any atom is 0.264 e. The molecule has 214 valence electrons. The van der Waals surface area contributed by atoms with Crippen LogP contribution >= 0.6 is 0 Å². The van der Waals surface area contributed by atoms with Crippen LogP contribution in [0.25, 0.3) is 0 Å². The number of hydrogen-bond acceptors (Lipinski definition) is 5. The molecule has 0 aliphatic carbocycles. The minimum Gasteiger partial charge on any atom is -0.497 e. The van der Waals surface area contributed by atoms with Crippen molar-refractivity contribution in [3.05, 3.63) is 90.0 Å². The molecule has 0 aromatic heterocycles. The maximum atomic E-state index is 14.0. The standard InChI is InChI=1S/C31H39N3O5S/c1-6-29(31(36)32-23(2)3)33(21-20-25-10-8-7-9-11-25)30(35)22-34(26-14-16-27(39-5)17-15-26)40(37,38)28-18-12-24(4)13-19-28/h7-19,23,29H,6,20-22H2,1-5H3,(H,32,36)/t29-/m1/s1. The first kappa shape index (κ1) is 30.7. The number of sulfonamides is 1. The number of rotatable bonds is 13. The lowest BCUT2D eigenvalue weighted by atomic mass is 10.1. The third-order valence-electron chi connectivity index (χ3n) is 6.55. The second-order valence-corrected chi connectivity index (χ2v) is 11.8. The molecule has 0 heterocycles. The Balaban J connectivity index is 2.01. The van der Waals surface area contributed by atoms with Crippen molar-refractivity contribution >= 4 is 27.5 Å².